The molecular formula is C17H23N3O6. The first-order chi connectivity index (χ1) is 12.6. The Hall–Kier alpha value is -2.26. The molecule has 0 bridgehead atoms. The summed E-state index contributed by atoms with van der Waals surface area (Å²) in [6, 6.07) is 1.22. The summed E-state index contributed by atoms with van der Waals surface area (Å²) in [5.41, 5.74) is -0.121. The molecule has 0 aliphatic carbocycles. The summed E-state index contributed by atoms with van der Waals surface area (Å²) in [5.74, 6) is -0.367. The van der Waals surface area contributed by atoms with Gasteiger partial charge in [-0.05, 0) is 25.7 Å². The lowest BCUT2D eigenvalue weighted by Gasteiger charge is -2.32. The number of carbonyl (C=O) groups is 1. The molecule has 2 aliphatic heterocycles. The summed E-state index contributed by atoms with van der Waals surface area (Å²) < 4.78 is 16.1. The van der Waals surface area contributed by atoms with E-state index in [2.05, 4.69) is 9.72 Å². The molecule has 142 valence electrons. The molecule has 0 spiro atoms. The number of carbonyl (C=O) groups excluding carboxylic acids is 1. The molecule has 9 heteroatoms. The van der Waals surface area contributed by atoms with Gasteiger partial charge in [0.25, 0.3) is 0 Å². The van der Waals surface area contributed by atoms with Crippen molar-refractivity contribution < 1.29 is 23.9 Å². The van der Waals surface area contributed by atoms with Crippen LogP contribution in [0.3, 0.4) is 0 Å². The Kier molecular flexibility index (Phi) is 6.00. The van der Waals surface area contributed by atoms with Gasteiger partial charge in [-0.25, -0.2) is 9.78 Å². The van der Waals surface area contributed by atoms with Crippen LogP contribution in [0.25, 0.3) is 0 Å². The SMILES string of the molecule is COC(=O)c1cnc(N2CCC(OCC3CCCO3)CC2)c([N+](=O)[O-])c1. The fraction of sp³-hybridized carbons (Fsp3) is 0.647. The number of aromatic nitrogens is 1. The second-order valence-electron chi connectivity index (χ2n) is 6.47. The fourth-order valence-electron chi connectivity index (χ4n) is 3.31. The average molecular weight is 365 g/mol. The zero-order chi connectivity index (χ0) is 18.5. The van der Waals surface area contributed by atoms with Gasteiger partial charge in [-0.2, -0.15) is 0 Å². The van der Waals surface area contributed by atoms with Crippen molar-refractivity contribution in [1.82, 2.24) is 4.98 Å². The van der Waals surface area contributed by atoms with Crippen LogP contribution in [0, 0.1) is 10.1 Å². The zero-order valence-corrected chi connectivity index (χ0v) is 14.8. The molecule has 3 rings (SSSR count). The number of pyridine rings is 1. The van der Waals surface area contributed by atoms with Gasteiger partial charge in [0, 0.05) is 32.0 Å². The summed E-state index contributed by atoms with van der Waals surface area (Å²) in [4.78, 5) is 28.5. The van der Waals surface area contributed by atoms with Crippen LogP contribution in [0.2, 0.25) is 0 Å². The monoisotopic (exact) mass is 365 g/mol. The van der Waals surface area contributed by atoms with Crippen LogP contribution < -0.4 is 4.90 Å². The number of ether oxygens (including phenoxy) is 3. The van der Waals surface area contributed by atoms with Gasteiger partial charge in [-0.1, -0.05) is 0 Å². The van der Waals surface area contributed by atoms with Gasteiger partial charge in [0.1, 0.15) is 0 Å². The minimum Gasteiger partial charge on any atom is -0.465 e. The summed E-state index contributed by atoms with van der Waals surface area (Å²) in [6.45, 7) is 2.64. The third-order valence-electron chi connectivity index (χ3n) is 4.75. The quantitative estimate of drug-likeness (QED) is 0.428. The van der Waals surface area contributed by atoms with Crippen molar-refractivity contribution in [3.05, 3.63) is 27.9 Å². The molecule has 0 N–H and O–H groups in total. The molecule has 1 unspecified atom stereocenters. The maximum atomic E-state index is 11.6. The van der Waals surface area contributed by atoms with Gasteiger partial charge < -0.3 is 19.1 Å². The normalized spacial score (nSPS) is 21.0. The Morgan fingerprint density at radius 2 is 2.19 bits per heavy atom. The Morgan fingerprint density at radius 3 is 2.81 bits per heavy atom. The molecule has 3 heterocycles. The topological polar surface area (TPSA) is 104 Å². The molecule has 2 saturated heterocycles. The number of anilines is 1. The third kappa shape index (κ3) is 4.28. The number of nitro groups is 1. The van der Waals surface area contributed by atoms with Crippen molar-refractivity contribution in [2.24, 2.45) is 0 Å². The van der Waals surface area contributed by atoms with Crippen LogP contribution in [0.15, 0.2) is 12.3 Å². The maximum Gasteiger partial charge on any atom is 0.339 e. The van der Waals surface area contributed by atoms with Crippen LogP contribution in [0.1, 0.15) is 36.0 Å². The average Bonchev–Trinajstić information content (AvgIpc) is 3.19. The molecule has 0 radical (unpaired) electrons. The van der Waals surface area contributed by atoms with E-state index < -0.39 is 10.9 Å². The Labute approximate surface area is 151 Å². The van der Waals surface area contributed by atoms with E-state index in [0.717, 1.165) is 32.3 Å². The van der Waals surface area contributed by atoms with Crippen LogP contribution in [0.5, 0.6) is 0 Å². The highest BCUT2D eigenvalue weighted by atomic mass is 16.6. The van der Waals surface area contributed by atoms with Gasteiger partial charge in [0.2, 0.25) is 5.82 Å². The van der Waals surface area contributed by atoms with Gasteiger partial charge in [-0.3, -0.25) is 10.1 Å². The van der Waals surface area contributed by atoms with E-state index in [4.69, 9.17) is 9.47 Å². The summed E-state index contributed by atoms with van der Waals surface area (Å²) in [7, 11) is 1.23. The molecule has 1 aromatic heterocycles. The highest BCUT2D eigenvalue weighted by Gasteiger charge is 2.28. The van der Waals surface area contributed by atoms with Gasteiger partial charge in [0.15, 0.2) is 0 Å². The molecule has 1 atom stereocenters. The number of esters is 1. The zero-order valence-electron chi connectivity index (χ0n) is 14.8. The van der Waals surface area contributed by atoms with Crippen LogP contribution in [-0.2, 0) is 14.2 Å². The lowest BCUT2D eigenvalue weighted by atomic mass is 10.1. The molecule has 26 heavy (non-hydrogen) atoms. The van der Waals surface area contributed by atoms with E-state index in [1.165, 1.54) is 19.4 Å². The smallest absolute Gasteiger partial charge is 0.339 e. The first kappa shape index (κ1) is 18.5. The fourth-order valence-corrected chi connectivity index (χ4v) is 3.31. The predicted octanol–water partition coefficient (Wildman–Crippen LogP) is 1.94. The number of methoxy groups -OCH3 is 1. The predicted molar refractivity (Wildman–Crippen MR) is 92.4 cm³/mol. The number of piperidine rings is 1. The standard InChI is InChI=1S/C17H23N3O6/c1-24-17(21)12-9-15(20(22)23)16(18-10-12)19-6-4-13(5-7-19)26-11-14-3-2-8-25-14/h9-10,13-14H,2-8,11H2,1H3. The lowest BCUT2D eigenvalue weighted by molar-refractivity contribution is -0.384. The van der Waals surface area contributed by atoms with Crippen molar-refractivity contribution in [1.29, 1.82) is 0 Å². The molecule has 1 aromatic rings. The first-order valence-electron chi connectivity index (χ1n) is 8.79. The molecule has 9 nitrogen and oxygen atoms in total. The number of rotatable bonds is 6. The third-order valence-corrected chi connectivity index (χ3v) is 4.75. The van der Waals surface area contributed by atoms with Gasteiger partial charge >= 0.3 is 11.7 Å². The molecule has 0 aromatic carbocycles. The van der Waals surface area contributed by atoms with Crippen molar-refractivity contribution >= 4 is 17.5 Å². The highest BCUT2D eigenvalue weighted by molar-refractivity contribution is 5.90. The minimum absolute atomic E-state index is 0.0673. The van der Waals surface area contributed by atoms with Crippen LogP contribution in [0.4, 0.5) is 11.5 Å². The number of hydrogen-bond acceptors (Lipinski definition) is 8. The second kappa shape index (κ2) is 8.41. The molecular weight excluding hydrogens is 342 g/mol. The van der Waals surface area contributed by atoms with Gasteiger partial charge in [0.05, 0.1) is 36.4 Å². The largest absolute Gasteiger partial charge is 0.465 e. The summed E-state index contributed by atoms with van der Waals surface area (Å²) in [5, 5.41) is 11.4. The number of hydrogen-bond donors (Lipinski definition) is 0. The van der Waals surface area contributed by atoms with E-state index in [1.54, 1.807) is 0 Å². The van der Waals surface area contributed by atoms with E-state index in [9.17, 15) is 14.9 Å². The Bertz CT molecular complexity index is 654. The van der Waals surface area contributed by atoms with E-state index in [1.807, 2.05) is 4.90 Å². The van der Waals surface area contributed by atoms with Crippen LogP contribution in [-0.4, -0.2) is 61.5 Å². The first-order valence-corrected chi connectivity index (χ1v) is 8.79. The highest BCUT2D eigenvalue weighted by Crippen LogP contribution is 2.29. The van der Waals surface area contributed by atoms with Gasteiger partial charge in [-0.15, -0.1) is 0 Å². The summed E-state index contributed by atoms with van der Waals surface area (Å²) >= 11 is 0. The van der Waals surface area contributed by atoms with Crippen molar-refractivity contribution in [2.75, 3.05) is 38.3 Å². The minimum atomic E-state index is -0.645. The Morgan fingerprint density at radius 1 is 1.42 bits per heavy atom. The van der Waals surface area contributed by atoms with Crippen molar-refractivity contribution in [3.8, 4) is 0 Å². The number of nitrogens with zero attached hydrogens (tertiary/aromatic N) is 3. The van der Waals surface area contributed by atoms with Crippen LogP contribution >= 0.6 is 0 Å². The lowest BCUT2D eigenvalue weighted by Crippen LogP contribution is -2.38. The van der Waals surface area contributed by atoms with E-state index in [-0.39, 0.29) is 29.3 Å². The van der Waals surface area contributed by atoms with Crippen molar-refractivity contribution in [3.63, 3.8) is 0 Å². The summed E-state index contributed by atoms with van der Waals surface area (Å²) in [6.07, 6.45) is 5.30. The second-order valence-corrected chi connectivity index (χ2v) is 6.47. The van der Waals surface area contributed by atoms with E-state index >= 15 is 0 Å². The molecule has 2 aliphatic rings. The van der Waals surface area contributed by atoms with Crippen molar-refractivity contribution in [2.45, 2.75) is 37.9 Å². The molecule has 0 saturated carbocycles. The molecule has 2 fully saturated rings. The Balaban J connectivity index is 1.61. The molecule has 0 amide bonds. The maximum absolute atomic E-state index is 11.6. The van der Waals surface area contributed by atoms with E-state index in [0.29, 0.717) is 19.7 Å².